The molecule has 5 rings (SSSR count). The van der Waals surface area contributed by atoms with Gasteiger partial charge in [-0.05, 0) is 116 Å². The Hall–Kier alpha value is -0.680. The largest absolute Gasteiger partial charge is 0.392 e. The Morgan fingerprint density at radius 1 is 1.05 bits per heavy atom. The smallest absolute Gasteiger partial charge is 0.165 e. The Kier molecular flexibility index (Phi) is 8.56. The first kappa shape index (κ1) is 32.7. The summed E-state index contributed by atoms with van der Waals surface area (Å²) in [6.45, 7) is 25.0. The fourth-order valence-corrected chi connectivity index (χ4v) is 12.8. The Morgan fingerprint density at radius 2 is 1.67 bits per heavy atom. The van der Waals surface area contributed by atoms with Crippen molar-refractivity contribution in [3.8, 4) is 0 Å². The minimum Gasteiger partial charge on any atom is -0.392 e. The van der Waals surface area contributed by atoms with Gasteiger partial charge in [-0.1, -0.05) is 85.5 Å². The third-order valence-electron chi connectivity index (χ3n) is 14.9. The van der Waals surface area contributed by atoms with Crippen LogP contribution in [0.4, 0.5) is 0 Å². The second-order valence-corrected chi connectivity index (χ2v) is 17.7. The van der Waals surface area contributed by atoms with Crippen LogP contribution < -0.4 is 0 Å². The molecule has 0 bridgehead atoms. The number of fused-ring (bicyclic) bond motifs is 3. The maximum atomic E-state index is 12.6. The van der Waals surface area contributed by atoms with Gasteiger partial charge in [-0.3, -0.25) is 0 Å². The van der Waals surface area contributed by atoms with Gasteiger partial charge in [0.15, 0.2) is 5.79 Å². The van der Waals surface area contributed by atoms with E-state index in [1.807, 2.05) is 6.92 Å². The minimum absolute atomic E-state index is 0.00546. The third kappa shape index (κ3) is 4.83. The van der Waals surface area contributed by atoms with Crippen molar-refractivity contribution in [2.45, 2.75) is 145 Å². The molecule has 4 fully saturated rings. The molecule has 0 amide bonds. The normalized spacial score (nSPS) is 48.5. The van der Waals surface area contributed by atoms with Crippen molar-refractivity contribution in [1.82, 2.24) is 0 Å². The Balaban J connectivity index is 1.51. The van der Waals surface area contributed by atoms with Gasteiger partial charge in [-0.25, -0.2) is 0 Å². The fourth-order valence-electron chi connectivity index (χ4n) is 12.8. The Labute approximate surface area is 257 Å². The van der Waals surface area contributed by atoms with E-state index in [9.17, 15) is 20.4 Å². The van der Waals surface area contributed by atoms with Crippen molar-refractivity contribution in [2.75, 3.05) is 0 Å². The summed E-state index contributed by atoms with van der Waals surface area (Å²) in [5.41, 5.74) is 2.85. The molecule has 240 valence electrons. The standard InChI is InChI=1S/C38H64O4/c1-21(2)28-16-26(18-38(41,42)27-14-12-11-13-15-27)24(6)31-29(28)19-35(8)20-36(9)17-23(5)30(22(3)4)34(40)37(36,10)25(7)32(35)33(31)39/h21,24-29,31-34,39-42H,3,11-20H2,1-2,4-10H3. The molecule has 5 aliphatic rings. The van der Waals surface area contributed by atoms with Crippen molar-refractivity contribution in [3.63, 3.8) is 0 Å². The molecule has 0 aromatic carbocycles. The van der Waals surface area contributed by atoms with Crippen molar-refractivity contribution >= 4 is 0 Å². The topological polar surface area (TPSA) is 80.9 Å². The summed E-state index contributed by atoms with van der Waals surface area (Å²) in [6, 6.07) is 0. The molecule has 0 spiro atoms. The van der Waals surface area contributed by atoms with Crippen LogP contribution in [0.15, 0.2) is 23.3 Å². The summed E-state index contributed by atoms with van der Waals surface area (Å²) >= 11 is 0. The van der Waals surface area contributed by atoms with E-state index in [1.54, 1.807) is 0 Å². The highest BCUT2D eigenvalue weighted by Crippen LogP contribution is 2.73. The maximum absolute atomic E-state index is 12.6. The molecule has 4 N–H and O–H groups in total. The Morgan fingerprint density at radius 3 is 2.24 bits per heavy atom. The quantitative estimate of drug-likeness (QED) is 0.248. The molecule has 0 heterocycles. The summed E-state index contributed by atoms with van der Waals surface area (Å²) in [6.07, 6.45) is 8.72. The molecule has 12 unspecified atom stereocenters. The average Bonchev–Trinajstić information content (AvgIpc) is 2.87. The minimum atomic E-state index is -1.62. The van der Waals surface area contributed by atoms with E-state index < -0.39 is 18.0 Å². The lowest BCUT2D eigenvalue weighted by atomic mass is 9.34. The highest BCUT2D eigenvalue weighted by atomic mass is 16.5. The summed E-state index contributed by atoms with van der Waals surface area (Å²) < 4.78 is 0. The fraction of sp³-hybridized carbons (Fsp3) is 0.895. The van der Waals surface area contributed by atoms with Gasteiger partial charge in [0.1, 0.15) is 0 Å². The molecule has 5 aliphatic carbocycles. The third-order valence-corrected chi connectivity index (χ3v) is 14.9. The van der Waals surface area contributed by atoms with E-state index in [4.69, 9.17) is 0 Å². The number of hydrogen-bond acceptors (Lipinski definition) is 4. The molecule has 0 saturated heterocycles. The SMILES string of the molecule is C=C(C)C1=C(C)CC2(C)CC3(C)CC4C(C(C)C)CC(CC(O)(O)C5CCCCC5)C(C)C4C(O)C3C(C)C2(C)C1O. The maximum Gasteiger partial charge on any atom is 0.165 e. The predicted octanol–water partition coefficient (Wildman–Crippen LogP) is 7.90. The predicted molar refractivity (Wildman–Crippen MR) is 171 cm³/mol. The molecule has 4 nitrogen and oxygen atoms in total. The van der Waals surface area contributed by atoms with Crippen LogP contribution in [-0.2, 0) is 0 Å². The van der Waals surface area contributed by atoms with E-state index in [2.05, 4.69) is 62.0 Å². The number of rotatable bonds is 5. The highest BCUT2D eigenvalue weighted by Gasteiger charge is 2.69. The lowest BCUT2D eigenvalue weighted by Gasteiger charge is -2.71. The first-order valence-corrected chi connectivity index (χ1v) is 17.6. The zero-order valence-electron chi connectivity index (χ0n) is 28.4. The lowest BCUT2D eigenvalue weighted by molar-refractivity contribution is -0.258. The average molecular weight is 585 g/mol. The highest BCUT2D eigenvalue weighted by molar-refractivity contribution is 5.41. The van der Waals surface area contributed by atoms with E-state index in [1.165, 1.54) is 12.0 Å². The van der Waals surface area contributed by atoms with E-state index in [0.717, 1.165) is 62.5 Å². The monoisotopic (exact) mass is 584 g/mol. The second kappa shape index (κ2) is 11.0. The molecule has 0 aromatic rings. The molecule has 0 aliphatic heterocycles. The number of aliphatic hydroxyl groups excluding tert-OH is 2. The van der Waals surface area contributed by atoms with Gasteiger partial charge in [-0.15, -0.1) is 0 Å². The van der Waals surface area contributed by atoms with E-state index in [0.29, 0.717) is 24.2 Å². The van der Waals surface area contributed by atoms with Crippen LogP contribution in [-0.4, -0.2) is 38.4 Å². The van der Waals surface area contributed by atoms with Crippen molar-refractivity contribution in [2.24, 2.45) is 69.5 Å². The van der Waals surface area contributed by atoms with Crippen LogP contribution in [0.5, 0.6) is 0 Å². The lowest BCUT2D eigenvalue weighted by Crippen LogP contribution is -2.68. The molecular formula is C38H64O4. The van der Waals surface area contributed by atoms with E-state index in [-0.39, 0.29) is 51.8 Å². The van der Waals surface area contributed by atoms with Gasteiger partial charge in [0.2, 0.25) is 0 Å². The summed E-state index contributed by atoms with van der Waals surface area (Å²) in [7, 11) is 0. The second-order valence-electron chi connectivity index (χ2n) is 17.7. The number of hydrogen-bond donors (Lipinski definition) is 4. The van der Waals surface area contributed by atoms with Crippen LogP contribution in [0.3, 0.4) is 0 Å². The molecule has 12 atom stereocenters. The first-order valence-electron chi connectivity index (χ1n) is 17.6. The number of allylic oxidation sites excluding steroid dienone is 1. The van der Waals surface area contributed by atoms with E-state index >= 15 is 0 Å². The van der Waals surface area contributed by atoms with Crippen LogP contribution in [0.1, 0.15) is 127 Å². The van der Waals surface area contributed by atoms with Crippen LogP contribution in [0.25, 0.3) is 0 Å². The molecule has 0 aromatic heterocycles. The van der Waals surface area contributed by atoms with Gasteiger partial charge in [0.25, 0.3) is 0 Å². The van der Waals surface area contributed by atoms with Crippen molar-refractivity contribution < 1.29 is 20.4 Å². The molecule has 0 radical (unpaired) electrons. The van der Waals surface area contributed by atoms with Gasteiger partial charge >= 0.3 is 0 Å². The van der Waals surface area contributed by atoms with Crippen LogP contribution in [0, 0.1) is 69.5 Å². The van der Waals surface area contributed by atoms with Crippen molar-refractivity contribution in [1.29, 1.82) is 0 Å². The molecular weight excluding hydrogens is 520 g/mol. The summed E-state index contributed by atoms with van der Waals surface area (Å²) in [5.74, 6) is 0.531. The van der Waals surface area contributed by atoms with Crippen LogP contribution in [0.2, 0.25) is 0 Å². The Bertz CT molecular complexity index is 1070. The number of aliphatic hydroxyl groups is 4. The zero-order chi connectivity index (χ0) is 31.2. The zero-order valence-corrected chi connectivity index (χ0v) is 28.4. The van der Waals surface area contributed by atoms with Crippen molar-refractivity contribution in [3.05, 3.63) is 23.3 Å². The molecule has 4 saturated carbocycles. The molecule has 42 heavy (non-hydrogen) atoms. The summed E-state index contributed by atoms with van der Waals surface area (Å²) in [4.78, 5) is 0. The first-order chi connectivity index (χ1) is 19.4. The van der Waals surface area contributed by atoms with Crippen LogP contribution >= 0.6 is 0 Å². The van der Waals surface area contributed by atoms with Gasteiger partial charge in [-0.2, -0.15) is 0 Å². The van der Waals surface area contributed by atoms with Gasteiger partial charge in [0.05, 0.1) is 12.2 Å². The molecule has 4 heteroatoms. The van der Waals surface area contributed by atoms with Gasteiger partial charge < -0.3 is 20.4 Å². The summed E-state index contributed by atoms with van der Waals surface area (Å²) in [5, 5.41) is 47.6. The van der Waals surface area contributed by atoms with Gasteiger partial charge in [0, 0.05) is 17.8 Å².